The van der Waals surface area contributed by atoms with Crippen LogP contribution in [0.4, 0.5) is 11.4 Å². The standard InChI is InChI=1S/C22H23N5O4/c1-14(17-9-5-4-6-10-17)23-22(29)18-11-7-8-12-19(18)24-20(28)13-26-16(3)21(27(30)31)15(2)25-26/h4-12,14H,13H2,1-3H3,(H,23,29)(H,24,28)/t14-/m1/s1. The monoisotopic (exact) mass is 421 g/mol. The van der Waals surface area contributed by atoms with Crippen molar-refractivity contribution in [3.05, 3.63) is 87.2 Å². The molecule has 0 radical (unpaired) electrons. The van der Waals surface area contributed by atoms with Gasteiger partial charge < -0.3 is 10.6 Å². The lowest BCUT2D eigenvalue weighted by molar-refractivity contribution is -0.386. The van der Waals surface area contributed by atoms with Crippen LogP contribution in [0.1, 0.15) is 40.3 Å². The molecule has 160 valence electrons. The van der Waals surface area contributed by atoms with Crippen molar-refractivity contribution in [1.82, 2.24) is 15.1 Å². The molecule has 0 aliphatic rings. The molecule has 31 heavy (non-hydrogen) atoms. The maximum atomic E-state index is 12.8. The molecule has 0 aliphatic carbocycles. The van der Waals surface area contributed by atoms with Crippen LogP contribution in [-0.2, 0) is 11.3 Å². The number of rotatable bonds is 7. The summed E-state index contributed by atoms with van der Waals surface area (Å²) in [5, 5.41) is 20.9. The van der Waals surface area contributed by atoms with Gasteiger partial charge in [-0.05, 0) is 38.5 Å². The number of aryl methyl sites for hydroxylation is 1. The third kappa shape index (κ3) is 4.95. The molecule has 1 aromatic heterocycles. The van der Waals surface area contributed by atoms with E-state index in [0.717, 1.165) is 5.56 Å². The number of amides is 2. The second-order valence-electron chi connectivity index (χ2n) is 7.13. The predicted molar refractivity (Wildman–Crippen MR) is 116 cm³/mol. The molecule has 0 aliphatic heterocycles. The molecule has 2 amide bonds. The van der Waals surface area contributed by atoms with Gasteiger partial charge in [-0.3, -0.25) is 24.4 Å². The average Bonchev–Trinajstić information content (AvgIpc) is 3.01. The summed E-state index contributed by atoms with van der Waals surface area (Å²) in [5.74, 6) is -0.772. The molecule has 2 aromatic carbocycles. The van der Waals surface area contributed by atoms with Crippen molar-refractivity contribution in [1.29, 1.82) is 0 Å². The molecule has 0 spiro atoms. The van der Waals surface area contributed by atoms with Crippen LogP contribution >= 0.6 is 0 Å². The average molecular weight is 421 g/mol. The topological polar surface area (TPSA) is 119 Å². The van der Waals surface area contributed by atoms with Crippen molar-refractivity contribution in [3.8, 4) is 0 Å². The molecule has 9 heteroatoms. The number of para-hydroxylation sites is 1. The van der Waals surface area contributed by atoms with Gasteiger partial charge in [0.15, 0.2) is 0 Å². The first-order chi connectivity index (χ1) is 14.8. The van der Waals surface area contributed by atoms with E-state index >= 15 is 0 Å². The summed E-state index contributed by atoms with van der Waals surface area (Å²) in [6, 6.07) is 16.0. The molecule has 2 N–H and O–H groups in total. The van der Waals surface area contributed by atoms with Gasteiger partial charge in [-0.1, -0.05) is 42.5 Å². The number of hydrogen-bond donors (Lipinski definition) is 2. The maximum absolute atomic E-state index is 12.8. The number of nitrogens with zero attached hydrogens (tertiary/aromatic N) is 3. The Hall–Kier alpha value is -4.01. The van der Waals surface area contributed by atoms with Crippen molar-refractivity contribution in [2.45, 2.75) is 33.4 Å². The minimum absolute atomic E-state index is 0.109. The zero-order valence-corrected chi connectivity index (χ0v) is 17.5. The van der Waals surface area contributed by atoms with Crippen LogP contribution in [-0.4, -0.2) is 26.5 Å². The molecule has 0 saturated carbocycles. The van der Waals surface area contributed by atoms with Gasteiger partial charge in [-0.2, -0.15) is 5.10 Å². The lowest BCUT2D eigenvalue weighted by Crippen LogP contribution is -2.28. The van der Waals surface area contributed by atoms with Crippen LogP contribution in [0.2, 0.25) is 0 Å². The highest BCUT2D eigenvalue weighted by Gasteiger charge is 2.23. The molecule has 0 fully saturated rings. The number of nitro groups is 1. The van der Waals surface area contributed by atoms with Crippen LogP contribution in [0.15, 0.2) is 54.6 Å². The third-order valence-electron chi connectivity index (χ3n) is 4.91. The highest BCUT2D eigenvalue weighted by atomic mass is 16.6. The molecule has 0 saturated heterocycles. The highest BCUT2D eigenvalue weighted by molar-refractivity contribution is 6.03. The van der Waals surface area contributed by atoms with E-state index < -0.39 is 10.8 Å². The summed E-state index contributed by atoms with van der Waals surface area (Å²) in [4.78, 5) is 36.0. The van der Waals surface area contributed by atoms with Gasteiger partial charge in [0, 0.05) is 0 Å². The summed E-state index contributed by atoms with van der Waals surface area (Å²) >= 11 is 0. The number of benzene rings is 2. The Morgan fingerprint density at radius 1 is 1.10 bits per heavy atom. The molecule has 9 nitrogen and oxygen atoms in total. The molecule has 1 atom stereocenters. The number of anilines is 1. The van der Waals surface area contributed by atoms with Crippen LogP contribution < -0.4 is 10.6 Å². The summed E-state index contributed by atoms with van der Waals surface area (Å²) in [6.45, 7) is 4.73. The normalized spacial score (nSPS) is 11.6. The number of carbonyl (C=O) groups is 2. The minimum atomic E-state index is -0.514. The summed E-state index contributed by atoms with van der Waals surface area (Å²) in [5.41, 5.74) is 2.05. The van der Waals surface area contributed by atoms with Gasteiger partial charge >= 0.3 is 5.69 Å². The van der Waals surface area contributed by atoms with Gasteiger partial charge in [-0.25, -0.2) is 0 Å². The largest absolute Gasteiger partial charge is 0.345 e. The molecule has 1 heterocycles. The smallest absolute Gasteiger partial charge is 0.312 e. The van der Waals surface area contributed by atoms with Gasteiger partial charge in [0.25, 0.3) is 5.91 Å². The number of hydrogen-bond acceptors (Lipinski definition) is 5. The Labute approximate surface area is 179 Å². The summed E-state index contributed by atoms with van der Waals surface area (Å²) < 4.78 is 1.28. The lowest BCUT2D eigenvalue weighted by atomic mass is 10.1. The van der Waals surface area contributed by atoms with E-state index in [1.165, 1.54) is 18.5 Å². The van der Waals surface area contributed by atoms with Crippen molar-refractivity contribution in [3.63, 3.8) is 0 Å². The van der Waals surface area contributed by atoms with E-state index in [-0.39, 0.29) is 29.9 Å². The molecule has 0 unspecified atom stereocenters. The summed E-state index contributed by atoms with van der Waals surface area (Å²) in [6.07, 6.45) is 0. The Bertz CT molecular complexity index is 1120. The first-order valence-electron chi connectivity index (χ1n) is 9.71. The molecule has 3 aromatic rings. The lowest BCUT2D eigenvalue weighted by Gasteiger charge is -2.16. The molecule has 0 bridgehead atoms. The first kappa shape index (κ1) is 21.7. The van der Waals surface area contributed by atoms with E-state index in [1.807, 2.05) is 37.3 Å². The van der Waals surface area contributed by atoms with E-state index in [2.05, 4.69) is 15.7 Å². The Morgan fingerprint density at radius 3 is 2.39 bits per heavy atom. The van der Waals surface area contributed by atoms with E-state index in [0.29, 0.717) is 16.9 Å². The Kier molecular flexibility index (Phi) is 6.44. The van der Waals surface area contributed by atoms with Crippen molar-refractivity contribution in [2.24, 2.45) is 0 Å². The van der Waals surface area contributed by atoms with Crippen molar-refractivity contribution in [2.75, 3.05) is 5.32 Å². The highest BCUT2D eigenvalue weighted by Crippen LogP contribution is 2.22. The Morgan fingerprint density at radius 2 is 1.74 bits per heavy atom. The van der Waals surface area contributed by atoms with Crippen LogP contribution in [0.3, 0.4) is 0 Å². The van der Waals surface area contributed by atoms with Gasteiger partial charge in [0.2, 0.25) is 5.91 Å². The van der Waals surface area contributed by atoms with Gasteiger partial charge in [0.05, 0.1) is 22.2 Å². The fourth-order valence-electron chi connectivity index (χ4n) is 3.32. The fraction of sp³-hybridized carbons (Fsp3) is 0.227. The molecule has 3 rings (SSSR count). The third-order valence-corrected chi connectivity index (χ3v) is 4.91. The van der Waals surface area contributed by atoms with Crippen molar-refractivity contribution >= 4 is 23.2 Å². The van der Waals surface area contributed by atoms with Crippen LogP contribution in [0.25, 0.3) is 0 Å². The Balaban J connectivity index is 1.73. The zero-order chi connectivity index (χ0) is 22.5. The fourth-order valence-corrected chi connectivity index (χ4v) is 3.32. The number of aromatic nitrogens is 2. The van der Waals surface area contributed by atoms with Gasteiger partial charge in [-0.15, -0.1) is 0 Å². The number of nitrogens with one attached hydrogen (secondary N) is 2. The second-order valence-corrected chi connectivity index (χ2v) is 7.13. The minimum Gasteiger partial charge on any atom is -0.345 e. The number of carbonyl (C=O) groups excluding carboxylic acids is 2. The molecular formula is C22H23N5O4. The summed E-state index contributed by atoms with van der Waals surface area (Å²) in [7, 11) is 0. The second kappa shape index (κ2) is 9.21. The predicted octanol–water partition coefficient (Wildman–Crippen LogP) is 3.54. The van der Waals surface area contributed by atoms with Crippen molar-refractivity contribution < 1.29 is 14.5 Å². The van der Waals surface area contributed by atoms with Gasteiger partial charge in [0.1, 0.15) is 17.9 Å². The van der Waals surface area contributed by atoms with E-state index in [1.54, 1.807) is 24.3 Å². The molecular weight excluding hydrogens is 398 g/mol. The van der Waals surface area contributed by atoms with Crippen LogP contribution in [0.5, 0.6) is 0 Å². The zero-order valence-electron chi connectivity index (χ0n) is 17.5. The first-order valence-corrected chi connectivity index (χ1v) is 9.71. The van der Waals surface area contributed by atoms with E-state index in [4.69, 9.17) is 0 Å². The van der Waals surface area contributed by atoms with Crippen LogP contribution in [0, 0.1) is 24.0 Å². The SMILES string of the molecule is Cc1nn(CC(=O)Nc2ccccc2C(=O)N[C@H](C)c2ccccc2)c(C)c1[N+](=O)[O-]. The van der Waals surface area contributed by atoms with E-state index in [9.17, 15) is 19.7 Å². The maximum Gasteiger partial charge on any atom is 0.312 e. The quantitative estimate of drug-likeness (QED) is 0.447.